The average Bonchev–Trinajstić information content (AvgIpc) is 2.05. The third kappa shape index (κ3) is 1.78. The first-order valence-corrected chi connectivity index (χ1v) is 3.60. The molecule has 0 bridgehead atoms. The molecule has 0 atom stereocenters. The van der Waals surface area contributed by atoms with Crippen LogP contribution in [0.2, 0.25) is 0 Å². The van der Waals surface area contributed by atoms with Crippen molar-refractivity contribution in [2.75, 3.05) is 0 Å². The van der Waals surface area contributed by atoms with Crippen LogP contribution in [0.1, 0.15) is 31.0 Å². The maximum atomic E-state index is 8.57. The summed E-state index contributed by atoms with van der Waals surface area (Å²) in [5.41, 5.74) is 1.66. The van der Waals surface area contributed by atoms with Gasteiger partial charge in [0.05, 0.1) is 11.6 Å². The van der Waals surface area contributed by atoms with E-state index >= 15 is 0 Å². The molecule has 0 spiro atoms. The van der Waals surface area contributed by atoms with E-state index in [9.17, 15) is 0 Å². The van der Waals surface area contributed by atoms with Crippen LogP contribution in [-0.4, -0.2) is 4.98 Å². The normalized spacial score (nSPS) is 9.64. The highest BCUT2D eigenvalue weighted by atomic mass is 14.7. The average molecular weight is 146 g/mol. The van der Waals surface area contributed by atoms with Gasteiger partial charge in [-0.3, -0.25) is 4.98 Å². The van der Waals surface area contributed by atoms with Gasteiger partial charge in [0, 0.05) is 11.9 Å². The predicted octanol–water partition coefficient (Wildman–Crippen LogP) is 2.08. The van der Waals surface area contributed by atoms with Gasteiger partial charge in [0.1, 0.15) is 0 Å². The topological polar surface area (TPSA) is 36.7 Å². The minimum atomic E-state index is 0.392. The van der Waals surface area contributed by atoms with E-state index < -0.39 is 0 Å². The van der Waals surface area contributed by atoms with Crippen LogP contribution in [0.4, 0.5) is 0 Å². The van der Waals surface area contributed by atoms with Crippen molar-refractivity contribution in [1.82, 2.24) is 4.98 Å². The van der Waals surface area contributed by atoms with Crippen LogP contribution in [0.25, 0.3) is 0 Å². The number of aromatic nitrogens is 1. The fourth-order valence-corrected chi connectivity index (χ4v) is 0.834. The van der Waals surface area contributed by atoms with Gasteiger partial charge in [-0.1, -0.05) is 13.8 Å². The minimum Gasteiger partial charge on any atom is -0.261 e. The molecular weight excluding hydrogens is 136 g/mol. The second-order valence-electron chi connectivity index (χ2n) is 2.74. The minimum absolute atomic E-state index is 0.392. The SMILES string of the molecule is CC(C)c1cc(C#N)ccn1. The zero-order valence-corrected chi connectivity index (χ0v) is 6.70. The molecule has 11 heavy (non-hydrogen) atoms. The molecule has 0 N–H and O–H groups in total. The molecule has 2 heteroatoms. The Hall–Kier alpha value is -1.36. The van der Waals surface area contributed by atoms with E-state index in [2.05, 4.69) is 24.9 Å². The van der Waals surface area contributed by atoms with Gasteiger partial charge in [0.15, 0.2) is 0 Å². The summed E-state index contributed by atoms with van der Waals surface area (Å²) in [6.07, 6.45) is 1.67. The van der Waals surface area contributed by atoms with Gasteiger partial charge in [-0.25, -0.2) is 0 Å². The number of hydrogen-bond acceptors (Lipinski definition) is 2. The third-order valence-corrected chi connectivity index (χ3v) is 1.50. The summed E-state index contributed by atoms with van der Waals surface area (Å²) in [6, 6.07) is 5.62. The number of pyridine rings is 1. The third-order valence-electron chi connectivity index (χ3n) is 1.50. The van der Waals surface area contributed by atoms with E-state index in [0.717, 1.165) is 5.69 Å². The second kappa shape index (κ2) is 3.16. The molecular formula is C9H10N2. The monoisotopic (exact) mass is 146 g/mol. The number of nitrogens with zero attached hydrogens (tertiary/aromatic N) is 2. The lowest BCUT2D eigenvalue weighted by Crippen LogP contribution is -1.91. The smallest absolute Gasteiger partial charge is 0.0992 e. The van der Waals surface area contributed by atoms with Gasteiger partial charge in [0.25, 0.3) is 0 Å². The first-order valence-electron chi connectivity index (χ1n) is 3.60. The van der Waals surface area contributed by atoms with Crippen molar-refractivity contribution in [1.29, 1.82) is 5.26 Å². The van der Waals surface area contributed by atoms with Crippen molar-refractivity contribution in [3.63, 3.8) is 0 Å². The van der Waals surface area contributed by atoms with Crippen LogP contribution >= 0.6 is 0 Å². The molecule has 0 aliphatic heterocycles. The van der Waals surface area contributed by atoms with Gasteiger partial charge in [-0.2, -0.15) is 5.26 Å². The Morgan fingerprint density at radius 1 is 1.55 bits per heavy atom. The molecule has 1 aromatic heterocycles. The first-order chi connectivity index (χ1) is 5.24. The summed E-state index contributed by atoms with van der Waals surface area (Å²) in [5, 5.41) is 8.57. The molecule has 0 amide bonds. The van der Waals surface area contributed by atoms with Crippen molar-refractivity contribution in [2.24, 2.45) is 0 Å². The molecule has 1 aromatic rings. The molecule has 0 unspecified atom stereocenters. The lowest BCUT2D eigenvalue weighted by atomic mass is 10.1. The van der Waals surface area contributed by atoms with Crippen molar-refractivity contribution in [3.05, 3.63) is 29.6 Å². The van der Waals surface area contributed by atoms with Gasteiger partial charge >= 0.3 is 0 Å². The highest BCUT2D eigenvalue weighted by Gasteiger charge is 1.99. The molecule has 0 aromatic carbocycles. The van der Waals surface area contributed by atoms with Crippen molar-refractivity contribution < 1.29 is 0 Å². The van der Waals surface area contributed by atoms with Gasteiger partial charge in [-0.05, 0) is 18.1 Å². The largest absolute Gasteiger partial charge is 0.261 e. The van der Waals surface area contributed by atoms with Crippen molar-refractivity contribution in [2.45, 2.75) is 19.8 Å². The molecule has 0 aliphatic rings. The molecule has 0 aliphatic carbocycles. The molecule has 2 nitrogen and oxygen atoms in total. The zero-order chi connectivity index (χ0) is 8.27. The standard InChI is InChI=1S/C9H10N2/c1-7(2)9-5-8(6-10)3-4-11-9/h3-5,7H,1-2H3. The highest BCUT2D eigenvalue weighted by molar-refractivity contribution is 5.29. The van der Waals surface area contributed by atoms with E-state index in [0.29, 0.717) is 11.5 Å². The molecule has 0 radical (unpaired) electrons. The Balaban J connectivity index is 3.03. The molecule has 0 saturated carbocycles. The summed E-state index contributed by atoms with van der Waals surface area (Å²) in [5.74, 6) is 0.392. The number of hydrogen-bond donors (Lipinski definition) is 0. The van der Waals surface area contributed by atoms with Crippen molar-refractivity contribution in [3.8, 4) is 6.07 Å². The predicted molar refractivity (Wildman–Crippen MR) is 43.0 cm³/mol. The summed E-state index contributed by atoms with van der Waals surface area (Å²) in [7, 11) is 0. The van der Waals surface area contributed by atoms with Crippen LogP contribution in [0.3, 0.4) is 0 Å². The summed E-state index contributed by atoms with van der Waals surface area (Å²) in [6.45, 7) is 4.12. The highest BCUT2D eigenvalue weighted by Crippen LogP contribution is 2.11. The molecule has 1 rings (SSSR count). The molecule has 0 fully saturated rings. The maximum Gasteiger partial charge on any atom is 0.0992 e. The fourth-order valence-electron chi connectivity index (χ4n) is 0.834. The maximum absolute atomic E-state index is 8.57. The molecule has 56 valence electrons. The van der Waals surface area contributed by atoms with Crippen LogP contribution in [-0.2, 0) is 0 Å². The Bertz CT molecular complexity index is 284. The Labute approximate surface area is 66.5 Å². The Morgan fingerprint density at radius 3 is 2.82 bits per heavy atom. The van der Waals surface area contributed by atoms with E-state index in [1.54, 1.807) is 12.3 Å². The number of nitriles is 1. The van der Waals surface area contributed by atoms with E-state index in [4.69, 9.17) is 5.26 Å². The lowest BCUT2D eigenvalue weighted by Gasteiger charge is -2.02. The quantitative estimate of drug-likeness (QED) is 0.608. The Kier molecular flexibility index (Phi) is 2.22. The first kappa shape index (κ1) is 7.74. The molecule has 0 saturated heterocycles. The lowest BCUT2D eigenvalue weighted by molar-refractivity contribution is 0.822. The van der Waals surface area contributed by atoms with Crippen LogP contribution in [0.5, 0.6) is 0 Å². The fraction of sp³-hybridized carbons (Fsp3) is 0.333. The summed E-state index contributed by atoms with van der Waals surface area (Å²) >= 11 is 0. The summed E-state index contributed by atoms with van der Waals surface area (Å²) in [4.78, 5) is 4.14. The number of rotatable bonds is 1. The zero-order valence-electron chi connectivity index (χ0n) is 6.70. The molecule has 1 heterocycles. The van der Waals surface area contributed by atoms with E-state index in [1.165, 1.54) is 0 Å². The second-order valence-corrected chi connectivity index (χ2v) is 2.74. The van der Waals surface area contributed by atoms with Crippen LogP contribution in [0.15, 0.2) is 18.3 Å². The van der Waals surface area contributed by atoms with Gasteiger partial charge < -0.3 is 0 Å². The van der Waals surface area contributed by atoms with E-state index in [-0.39, 0.29) is 0 Å². The Morgan fingerprint density at radius 2 is 2.27 bits per heavy atom. The van der Waals surface area contributed by atoms with E-state index in [1.807, 2.05) is 6.07 Å². The van der Waals surface area contributed by atoms with Crippen molar-refractivity contribution >= 4 is 0 Å². The summed E-state index contributed by atoms with van der Waals surface area (Å²) < 4.78 is 0. The van der Waals surface area contributed by atoms with Gasteiger partial charge in [-0.15, -0.1) is 0 Å². The van der Waals surface area contributed by atoms with Crippen LogP contribution in [0, 0.1) is 11.3 Å². The van der Waals surface area contributed by atoms with Gasteiger partial charge in [0.2, 0.25) is 0 Å². The van der Waals surface area contributed by atoms with Crippen LogP contribution < -0.4 is 0 Å².